The van der Waals surface area contributed by atoms with Crippen molar-refractivity contribution in [2.24, 2.45) is 16.6 Å². The van der Waals surface area contributed by atoms with Crippen LogP contribution >= 0.6 is 0 Å². The van der Waals surface area contributed by atoms with E-state index in [9.17, 15) is 0 Å². The first-order chi connectivity index (χ1) is 8.83. The summed E-state index contributed by atoms with van der Waals surface area (Å²) in [5.41, 5.74) is 7.14. The lowest BCUT2D eigenvalue weighted by molar-refractivity contribution is 0.174. The molecule has 1 aromatic carbocycles. The second kappa shape index (κ2) is 4.88. The van der Waals surface area contributed by atoms with Crippen molar-refractivity contribution < 1.29 is 9.47 Å². The fraction of sp³-hybridized carbons (Fsp3) is 0.500. The summed E-state index contributed by atoms with van der Waals surface area (Å²) in [4.78, 5) is 4.50. The number of rotatable bonds is 3. The molecule has 3 rings (SSSR count). The van der Waals surface area contributed by atoms with E-state index in [-0.39, 0.29) is 0 Å². The molecule has 0 amide bonds. The fourth-order valence-corrected chi connectivity index (χ4v) is 2.57. The van der Waals surface area contributed by atoms with Crippen LogP contribution in [0.2, 0.25) is 0 Å². The molecular formula is C14H18N2O2. The molecule has 1 aliphatic carbocycles. The predicted molar refractivity (Wildman–Crippen MR) is 69.8 cm³/mol. The highest BCUT2D eigenvalue weighted by Crippen LogP contribution is 2.32. The highest BCUT2D eigenvalue weighted by molar-refractivity contribution is 5.83. The zero-order chi connectivity index (χ0) is 12.4. The molecule has 0 aromatic heterocycles. The van der Waals surface area contributed by atoms with Crippen molar-refractivity contribution in [3.05, 3.63) is 23.8 Å². The molecule has 0 saturated heterocycles. The molecule has 0 bridgehead atoms. The predicted octanol–water partition coefficient (Wildman–Crippen LogP) is 2.46. The number of hydrogen-bond donors (Lipinski definition) is 1. The lowest BCUT2D eigenvalue weighted by atomic mass is 10.1. The van der Waals surface area contributed by atoms with Crippen molar-refractivity contribution in [1.82, 2.24) is 0 Å². The summed E-state index contributed by atoms with van der Waals surface area (Å²) < 4.78 is 10.6. The third kappa shape index (κ3) is 2.28. The molecule has 4 nitrogen and oxygen atoms in total. The molecule has 1 aromatic rings. The van der Waals surface area contributed by atoms with E-state index in [2.05, 4.69) is 4.99 Å². The SMILES string of the molecule is NC(=NCc1ccc2c(c1)OCO2)C1CCCC1. The van der Waals surface area contributed by atoms with Gasteiger partial charge in [0.25, 0.3) is 0 Å². The number of amidine groups is 1. The van der Waals surface area contributed by atoms with Gasteiger partial charge in [0, 0.05) is 5.92 Å². The second-order valence-corrected chi connectivity index (χ2v) is 4.91. The molecule has 18 heavy (non-hydrogen) atoms. The number of nitrogens with zero attached hydrogens (tertiary/aromatic N) is 1. The normalized spacial score (nSPS) is 19.4. The van der Waals surface area contributed by atoms with Crippen LogP contribution in [0.15, 0.2) is 23.2 Å². The third-order valence-electron chi connectivity index (χ3n) is 3.65. The number of ether oxygens (including phenoxy) is 2. The van der Waals surface area contributed by atoms with Crippen molar-refractivity contribution in [3.63, 3.8) is 0 Å². The van der Waals surface area contributed by atoms with E-state index in [1.807, 2.05) is 18.2 Å². The highest BCUT2D eigenvalue weighted by atomic mass is 16.7. The van der Waals surface area contributed by atoms with Gasteiger partial charge < -0.3 is 15.2 Å². The monoisotopic (exact) mass is 246 g/mol. The van der Waals surface area contributed by atoms with E-state index in [1.165, 1.54) is 25.7 Å². The van der Waals surface area contributed by atoms with E-state index < -0.39 is 0 Å². The van der Waals surface area contributed by atoms with Crippen molar-refractivity contribution >= 4 is 5.84 Å². The Morgan fingerprint density at radius 1 is 1.22 bits per heavy atom. The molecule has 96 valence electrons. The quantitative estimate of drug-likeness (QED) is 0.658. The van der Waals surface area contributed by atoms with Gasteiger partial charge in [0.05, 0.1) is 12.4 Å². The zero-order valence-electron chi connectivity index (χ0n) is 10.4. The van der Waals surface area contributed by atoms with Crippen LogP contribution in [0.5, 0.6) is 11.5 Å². The van der Waals surface area contributed by atoms with Crippen LogP contribution in [0, 0.1) is 5.92 Å². The summed E-state index contributed by atoms with van der Waals surface area (Å²) in [6, 6.07) is 5.92. The summed E-state index contributed by atoms with van der Waals surface area (Å²) >= 11 is 0. The minimum Gasteiger partial charge on any atom is -0.454 e. The molecule has 4 heteroatoms. The minimum atomic E-state index is 0.312. The van der Waals surface area contributed by atoms with Gasteiger partial charge in [-0.15, -0.1) is 0 Å². The van der Waals surface area contributed by atoms with Gasteiger partial charge in [0.1, 0.15) is 0 Å². The number of benzene rings is 1. The van der Waals surface area contributed by atoms with Crippen LogP contribution in [0.4, 0.5) is 0 Å². The maximum absolute atomic E-state index is 6.03. The molecule has 2 N–H and O–H groups in total. The number of hydrogen-bond acceptors (Lipinski definition) is 3. The fourth-order valence-electron chi connectivity index (χ4n) is 2.57. The zero-order valence-corrected chi connectivity index (χ0v) is 10.4. The van der Waals surface area contributed by atoms with Gasteiger partial charge in [-0.25, -0.2) is 0 Å². The van der Waals surface area contributed by atoms with Crippen LogP contribution in [0.25, 0.3) is 0 Å². The number of fused-ring (bicyclic) bond motifs is 1. The van der Waals surface area contributed by atoms with E-state index in [0.717, 1.165) is 22.9 Å². The van der Waals surface area contributed by atoms with Crippen molar-refractivity contribution in [2.45, 2.75) is 32.2 Å². The Kier molecular flexibility index (Phi) is 3.09. The number of nitrogens with two attached hydrogens (primary N) is 1. The minimum absolute atomic E-state index is 0.312. The Bertz CT molecular complexity index is 465. The highest BCUT2D eigenvalue weighted by Gasteiger charge is 2.18. The molecule has 1 heterocycles. The summed E-state index contributed by atoms with van der Waals surface area (Å²) in [6.07, 6.45) is 4.95. The average molecular weight is 246 g/mol. The van der Waals surface area contributed by atoms with Gasteiger partial charge >= 0.3 is 0 Å². The third-order valence-corrected chi connectivity index (χ3v) is 3.65. The average Bonchev–Trinajstić information content (AvgIpc) is 3.05. The maximum atomic E-state index is 6.03. The number of aliphatic imine (C=N–C) groups is 1. The van der Waals surface area contributed by atoms with Crippen molar-refractivity contribution in [1.29, 1.82) is 0 Å². The Labute approximate surface area is 107 Å². The van der Waals surface area contributed by atoms with Crippen LogP contribution in [0.3, 0.4) is 0 Å². The lowest BCUT2D eigenvalue weighted by Gasteiger charge is -2.08. The van der Waals surface area contributed by atoms with Crippen LogP contribution in [-0.4, -0.2) is 12.6 Å². The lowest BCUT2D eigenvalue weighted by Crippen LogP contribution is -2.21. The summed E-state index contributed by atoms with van der Waals surface area (Å²) in [5.74, 6) is 2.93. The Balaban J connectivity index is 1.67. The van der Waals surface area contributed by atoms with Gasteiger partial charge in [0.2, 0.25) is 6.79 Å². The molecule has 1 saturated carbocycles. The van der Waals surface area contributed by atoms with Crippen LogP contribution in [0.1, 0.15) is 31.2 Å². The largest absolute Gasteiger partial charge is 0.454 e. The standard InChI is InChI=1S/C14H18N2O2/c15-14(11-3-1-2-4-11)16-8-10-5-6-12-13(7-10)18-9-17-12/h5-7,11H,1-4,8-9H2,(H2,15,16). The summed E-state index contributed by atoms with van der Waals surface area (Å²) in [5, 5.41) is 0. The smallest absolute Gasteiger partial charge is 0.231 e. The molecule has 0 spiro atoms. The molecule has 0 atom stereocenters. The Morgan fingerprint density at radius 3 is 2.83 bits per heavy atom. The molecule has 0 radical (unpaired) electrons. The van der Waals surface area contributed by atoms with Crippen molar-refractivity contribution in [3.8, 4) is 11.5 Å². The van der Waals surface area contributed by atoms with Crippen molar-refractivity contribution in [2.75, 3.05) is 6.79 Å². The molecule has 1 aliphatic heterocycles. The van der Waals surface area contributed by atoms with E-state index in [1.54, 1.807) is 0 Å². The van der Waals surface area contributed by atoms with Crippen LogP contribution < -0.4 is 15.2 Å². The summed E-state index contributed by atoms with van der Waals surface area (Å²) in [6.45, 7) is 0.936. The first kappa shape index (κ1) is 11.4. The van der Waals surface area contributed by atoms with E-state index in [0.29, 0.717) is 19.3 Å². The Morgan fingerprint density at radius 2 is 2.00 bits per heavy atom. The van der Waals surface area contributed by atoms with Gasteiger partial charge in [0.15, 0.2) is 11.5 Å². The second-order valence-electron chi connectivity index (χ2n) is 4.91. The first-order valence-corrected chi connectivity index (χ1v) is 6.51. The maximum Gasteiger partial charge on any atom is 0.231 e. The Hall–Kier alpha value is -1.71. The first-order valence-electron chi connectivity index (χ1n) is 6.51. The van der Waals surface area contributed by atoms with Gasteiger partial charge in [-0.2, -0.15) is 0 Å². The van der Waals surface area contributed by atoms with Gasteiger partial charge in [-0.05, 0) is 30.5 Å². The van der Waals surface area contributed by atoms with Gasteiger partial charge in [-0.3, -0.25) is 4.99 Å². The summed E-state index contributed by atoms with van der Waals surface area (Å²) in [7, 11) is 0. The molecule has 1 fully saturated rings. The van der Waals surface area contributed by atoms with Crippen LogP contribution in [-0.2, 0) is 6.54 Å². The van der Waals surface area contributed by atoms with E-state index >= 15 is 0 Å². The topological polar surface area (TPSA) is 56.8 Å². The molecular weight excluding hydrogens is 228 g/mol. The van der Waals surface area contributed by atoms with Gasteiger partial charge in [-0.1, -0.05) is 18.9 Å². The van der Waals surface area contributed by atoms with E-state index in [4.69, 9.17) is 15.2 Å². The molecule has 2 aliphatic rings. The molecule has 0 unspecified atom stereocenters.